The van der Waals surface area contributed by atoms with Crippen molar-refractivity contribution in [3.8, 4) is 5.75 Å². The van der Waals surface area contributed by atoms with Crippen molar-refractivity contribution in [2.45, 2.75) is 39.1 Å². The molecule has 1 aliphatic heterocycles. The summed E-state index contributed by atoms with van der Waals surface area (Å²) in [5, 5.41) is 2.56. The fourth-order valence-corrected chi connectivity index (χ4v) is 4.49. The lowest BCUT2D eigenvalue weighted by Gasteiger charge is -2.24. The minimum absolute atomic E-state index is 0.200. The molecule has 0 bridgehead atoms. The van der Waals surface area contributed by atoms with Crippen molar-refractivity contribution in [3.63, 3.8) is 0 Å². The van der Waals surface area contributed by atoms with Crippen LogP contribution in [-0.2, 0) is 23.4 Å². The maximum atomic E-state index is 13.4. The number of carbonyl (C=O) groups excluding carboxylic acids is 1. The van der Waals surface area contributed by atoms with Gasteiger partial charge in [-0.15, -0.1) is 0 Å². The molecule has 0 radical (unpaired) electrons. The van der Waals surface area contributed by atoms with Crippen LogP contribution in [-0.4, -0.2) is 41.4 Å². The Balaban J connectivity index is 1.71. The lowest BCUT2D eigenvalue weighted by molar-refractivity contribution is -0.142. The predicted molar refractivity (Wildman–Crippen MR) is 119 cm³/mol. The Bertz CT molecular complexity index is 1190. The first-order valence-electron chi connectivity index (χ1n) is 10.1. The van der Waals surface area contributed by atoms with E-state index >= 15 is 0 Å². The molecule has 178 valence electrons. The lowest BCUT2D eigenvalue weighted by atomic mass is 10.2. The average molecular weight is 479 g/mol. The molecule has 1 aliphatic rings. The molecule has 2 aromatic rings. The maximum absolute atomic E-state index is 13.4. The monoisotopic (exact) mass is 479 g/mol. The van der Waals surface area contributed by atoms with Crippen LogP contribution in [0.25, 0.3) is 0 Å². The van der Waals surface area contributed by atoms with Gasteiger partial charge in [0.05, 0.1) is 13.7 Å². The molecule has 0 saturated carbocycles. The highest BCUT2D eigenvalue weighted by Crippen LogP contribution is 2.45. The molecule has 3 rings (SSSR count). The zero-order chi connectivity index (χ0) is 24.2. The van der Waals surface area contributed by atoms with E-state index < -0.39 is 43.3 Å². The second-order valence-electron chi connectivity index (χ2n) is 7.50. The molecule has 0 aliphatic carbocycles. The summed E-state index contributed by atoms with van der Waals surface area (Å²) in [4.78, 5) is 37.7. The number of nitrogens with zero attached hydrogens (tertiary/aromatic N) is 1. The summed E-state index contributed by atoms with van der Waals surface area (Å²) in [7, 11) is -2.82. The number of hydrogen-bond donors (Lipinski definition) is 2. The minimum Gasteiger partial charge on any atom is -0.468 e. The van der Waals surface area contributed by atoms with E-state index in [4.69, 9.17) is 13.8 Å². The first kappa shape index (κ1) is 24.7. The molecule has 0 amide bonds. The van der Waals surface area contributed by atoms with Crippen LogP contribution in [0.5, 0.6) is 5.75 Å². The first-order valence-corrected chi connectivity index (χ1v) is 11.7. The quantitative estimate of drug-likeness (QED) is 0.314. The van der Waals surface area contributed by atoms with Crippen LogP contribution in [0.1, 0.15) is 24.3 Å². The van der Waals surface area contributed by atoms with Gasteiger partial charge in [-0.3, -0.25) is 23.7 Å². The van der Waals surface area contributed by atoms with Crippen LogP contribution in [0, 0.1) is 13.8 Å². The van der Waals surface area contributed by atoms with E-state index in [-0.39, 0.29) is 12.4 Å². The number of carbonyl (C=O) groups is 1. The highest BCUT2D eigenvalue weighted by molar-refractivity contribution is 7.52. The zero-order valence-corrected chi connectivity index (χ0v) is 19.5. The van der Waals surface area contributed by atoms with Crippen LogP contribution in [0.4, 0.5) is 0 Å². The van der Waals surface area contributed by atoms with Gasteiger partial charge < -0.3 is 14.0 Å². The van der Waals surface area contributed by atoms with E-state index in [1.807, 2.05) is 6.92 Å². The molecule has 2 heterocycles. The molecule has 1 aromatic heterocycles. The van der Waals surface area contributed by atoms with Gasteiger partial charge in [0.25, 0.3) is 5.56 Å². The largest absolute Gasteiger partial charge is 0.468 e. The third-order valence-electron chi connectivity index (χ3n) is 4.79. The second-order valence-corrected chi connectivity index (χ2v) is 9.19. The number of hydrogen-bond acceptors (Lipinski definition) is 8. The van der Waals surface area contributed by atoms with Crippen molar-refractivity contribution in [1.82, 2.24) is 14.6 Å². The topological polar surface area (TPSA) is 138 Å². The number of rotatable bonds is 9. The number of aromatic amines is 1. The van der Waals surface area contributed by atoms with Gasteiger partial charge in [-0.05, 0) is 39.0 Å². The van der Waals surface area contributed by atoms with Gasteiger partial charge in [-0.25, -0.2) is 9.36 Å². The van der Waals surface area contributed by atoms with Gasteiger partial charge in [-0.2, -0.15) is 5.09 Å². The summed E-state index contributed by atoms with van der Waals surface area (Å²) in [5.41, 5.74) is 0.238. The number of methoxy groups -OCH3 is 1. The molecule has 2 N–H and O–H groups in total. The van der Waals surface area contributed by atoms with Gasteiger partial charge in [0, 0.05) is 11.8 Å². The average Bonchev–Trinajstić information content (AvgIpc) is 3.25. The molecule has 11 nitrogen and oxygen atoms in total. The summed E-state index contributed by atoms with van der Waals surface area (Å²) in [6.07, 6.45) is 3.20. The van der Waals surface area contributed by atoms with E-state index in [1.54, 1.807) is 43.3 Å². The van der Waals surface area contributed by atoms with Crippen LogP contribution in [0.2, 0.25) is 0 Å². The molecule has 0 saturated heterocycles. The molecule has 0 spiro atoms. The van der Waals surface area contributed by atoms with Crippen molar-refractivity contribution < 1.29 is 27.9 Å². The summed E-state index contributed by atoms with van der Waals surface area (Å²) in [5.74, 6) is -0.360. The van der Waals surface area contributed by atoms with Crippen LogP contribution in [0.3, 0.4) is 0 Å². The fourth-order valence-electron chi connectivity index (χ4n) is 2.98. The number of H-pyrrole nitrogens is 1. The number of benzene rings is 1. The van der Waals surface area contributed by atoms with Crippen molar-refractivity contribution >= 4 is 13.7 Å². The van der Waals surface area contributed by atoms with Gasteiger partial charge in [0.1, 0.15) is 17.9 Å². The van der Waals surface area contributed by atoms with E-state index in [1.165, 1.54) is 24.8 Å². The van der Waals surface area contributed by atoms with E-state index in [0.29, 0.717) is 5.56 Å². The minimum atomic E-state index is -4.03. The first-order chi connectivity index (χ1) is 15.6. The molecule has 1 aromatic carbocycles. The number of ether oxygens (including phenoxy) is 2. The van der Waals surface area contributed by atoms with Gasteiger partial charge in [-0.1, -0.05) is 23.8 Å². The summed E-state index contributed by atoms with van der Waals surface area (Å²) < 4.78 is 36.2. The summed E-state index contributed by atoms with van der Waals surface area (Å²) in [6.45, 7) is 4.73. The molecule has 0 unspecified atom stereocenters. The van der Waals surface area contributed by atoms with E-state index in [2.05, 4.69) is 14.8 Å². The normalized spacial score (nSPS) is 20.2. The third kappa shape index (κ3) is 6.29. The zero-order valence-electron chi connectivity index (χ0n) is 18.6. The maximum Gasteiger partial charge on any atom is 0.459 e. The SMILES string of the molecule is COC(=O)[C@H](C)N[P@@](=O)(OC[C@@H]1C=C[C@H](n2cc(C)c(=O)[nH]c2=O)O1)Oc1ccc(C)cc1. The number of aromatic nitrogens is 2. The van der Waals surface area contributed by atoms with Crippen LogP contribution >= 0.6 is 7.75 Å². The van der Waals surface area contributed by atoms with Crippen molar-refractivity contribution in [2.24, 2.45) is 0 Å². The summed E-state index contributed by atoms with van der Waals surface area (Å²) >= 11 is 0. The Hall–Kier alpha value is -2.98. The number of nitrogens with one attached hydrogen (secondary N) is 2. The smallest absolute Gasteiger partial charge is 0.459 e. The highest BCUT2D eigenvalue weighted by atomic mass is 31.2. The molecular formula is C21H26N3O8P. The summed E-state index contributed by atoms with van der Waals surface area (Å²) in [6, 6.07) is 5.84. The molecule has 4 atom stereocenters. The van der Waals surface area contributed by atoms with E-state index in [9.17, 15) is 18.9 Å². The predicted octanol–water partition coefficient (Wildman–Crippen LogP) is 1.96. The van der Waals surface area contributed by atoms with Gasteiger partial charge in [0.15, 0.2) is 6.23 Å². The van der Waals surface area contributed by atoms with Gasteiger partial charge in [0.2, 0.25) is 0 Å². The standard InChI is InChI=1S/C21H26N3O8P/c1-13-5-7-16(8-6-13)32-33(28,23-15(3)20(26)29-4)30-12-17-9-10-18(31-17)24-11-14(2)19(25)22-21(24)27/h5-11,15,17-18H,12H2,1-4H3,(H,23,28)(H,22,25,27)/t15-,17-,18+,33+/m0/s1. The van der Waals surface area contributed by atoms with Crippen LogP contribution in [0.15, 0.2) is 52.2 Å². The molecule has 33 heavy (non-hydrogen) atoms. The Morgan fingerprint density at radius 1 is 1.24 bits per heavy atom. The van der Waals surface area contributed by atoms with Crippen molar-refractivity contribution in [3.05, 3.63) is 74.6 Å². The molecule has 12 heteroatoms. The van der Waals surface area contributed by atoms with E-state index in [0.717, 1.165) is 5.56 Å². The van der Waals surface area contributed by atoms with Crippen molar-refractivity contribution in [2.75, 3.05) is 13.7 Å². The molecular weight excluding hydrogens is 453 g/mol. The Morgan fingerprint density at radius 3 is 2.61 bits per heavy atom. The highest BCUT2D eigenvalue weighted by Gasteiger charge is 2.34. The Kier molecular flexibility index (Phi) is 7.70. The van der Waals surface area contributed by atoms with Gasteiger partial charge >= 0.3 is 19.4 Å². The third-order valence-corrected chi connectivity index (χ3v) is 6.43. The van der Waals surface area contributed by atoms with Crippen LogP contribution < -0.4 is 20.9 Å². The Labute approximate surface area is 189 Å². The second kappa shape index (κ2) is 10.3. The lowest BCUT2D eigenvalue weighted by Crippen LogP contribution is -2.35. The van der Waals surface area contributed by atoms with Crippen molar-refractivity contribution in [1.29, 1.82) is 0 Å². The Morgan fingerprint density at radius 2 is 1.94 bits per heavy atom. The number of esters is 1. The molecule has 0 fully saturated rings. The number of aryl methyl sites for hydroxylation is 2. The fraction of sp³-hybridized carbons (Fsp3) is 0.381.